The van der Waals surface area contributed by atoms with Crippen LogP contribution in [0, 0.1) is 0 Å². The van der Waals surface area contributed by atoms with Gasteiger partial charge < -0.3 is 18.9 Å². The Labute approximate surface area is 380 Å². The molecule has 65 heavy (non-hydrogen) atoms. The minimum absolute atomic E-state index is 0.0563. The molecule has 0 spiro atoms. The molecule has 0 unspecified atom stereocenters. The Bertz CT molecular complexity index is 3760. The van der Waals surface area contributed by atoms with Gasteiger partial charge in [-0.25, -0.2) is 0 Å². The van der Waals surface area contributed by atoms with E-state index in [1.807, 2.05) is 0 Å². The molecular weight excluding hydrogens is 789 g/mol. The molecule has 11 aromatic rings. The van der Waals surface area contributed by atoms with Crippen LogP contribution in [-0.4, -0.2) is 16.4 Å². The van der Waals surface area contributed by atoms with Gasteiger partial charge in [-0.15, -0.1) is 0 Å². The third-order valence-electron chi connectivity index (χ3n) is 15.3. The topological polar surface area (TPSA) is 35.0 Å². The van der Waals surface area contributed by atoms with Crippen LogP contribution in [0.15, 0.2) is 156 Å². The van der Waals surface area contributed by atoms with Crippen LogP contribution >= 0.6 is 0 Å². The van der Waals surface area contributed by atoms with Crippen molar-refractivity contribution in [3.05, 3.63) is 168 Å². The number of furan rings is 1. The van der Waals surface area contributed by atoms with Crippen LogP contribution in [0.5, 0.6) is 0 Å². The first kappa shape index (κ1) is 38.5. The van der Waals surface area contributed by atoms with E-state index < -0.39 is 0 Å². The summed E-state index contributed by atoms with van der Waals surface area (Å²) in [5, 5.41) is 12.6. The van der Waals surface area contributed by atoms with Gasteiger partial charge >= 0.3 is 0 Å². The second-order valence-electron chi connectivity index (χ2n) is 21.2. The summed E-state index contributed by atoms with van der Waals surface area (Å²) in [4.78, 5) is 0. The number of anilines is 2. The fourth-order valence-electron chi connectivity index (χ4n) is 11.8. The summed E-state index contributed by atoms with van der Waals surface area (Å²) in [7, 11) is 0.670. The van der Waals surface area contributed by atoms with Crippen molar-refractivity contribution in [1.82, 2.24) is 9.13 Å². The number of nitrogens with zero attached hydrogens (tertiary/aromatic N) is 2. The van der Waals surface area contributed by atoms with E-state index in [0.717, 1.165) is 41.0 Å². The van der Waals surface area contributed by atoms with Gasteiger partial charge in [0.05, 0.1) is 39.1 Å². The number of aromatic nitrogens is 2. The van der Waals surface area contributed by atoms with Crippen molar-refractivity contribution in [1.29, 1.82) is 0 Å². The predicted octanol–water partition coefficient (Wildman–Crippen LogP) is 14.5. The van der Waals surface area contributed by atoms with Crippen molar-refractivity contribution in [3.63, 3.8) is 0 Å². The van der Waals surface area contributed by atoms with Gasteiger partial charge in [0, 0.05) is 43.9 Å². The van der Waals surface area contributed by atoms with E-state index in [1.165, 1.54) is 98.9 Å². The number of rotatable bonds is 4. The van der Waals surface area contributed by atoms with Crippen LogP contribution in [0.25, 0.3) is 87.9 Å². The molecule has 0 saturated heterocycles. The molecule has 3 aromatic heterocycles. The molecule has 0 saturated carbocycles. The molecule has 0 atom stereocenters. The van der Waals surface area contributed by atoms with Gasteiger partial charge in [-0.2, -0.15) is 0 Å². The molecule has 2 aliphatic rings. The average Bonchev–Trinajstić information content (AvgIpc) is 3.96. The lowest BCUT2D eigenvalue weighted by atomic mass is 9.61. The Hall–Kier alpha value is -6.98. The number of nitrogens with one attached hydrogen (secondary N) is 1. The van der Waals surface area contributed by atoms with Crippen LogP contribution in [0.3, 0.4) is 0 Å². The minimum atomic E-state index is 0.0563. The Morgan fingerprint density at radius 1 is 0.569 bits per heavy atom. The number of para-hydroxylation sites is 3. The second-order valence-corrected chi connectivity index (χ2v) is 21.2. The fraction of sp³-hybridized carbons (Fsp3) is 0.200. The van der Waals surface area contributed by atoms with E-state index >= 15 is 0 Å². The van der Waals surface area contributed by atoms with Gasteiger partial charge in [0.15, 0.2) is 0 Å². The van der Waals surface area contributed by atoms with Gasteiger partial charge in [0.25, 0.3) is 0 Å². The summed E-state index contributed by atoms with van der Waals surface area (Å²) < 4.78 is 12.4. The molecule has 0 radical (unpaired) electrons. The maximum atomic E-state index is 7.24. The van der Waals surface area contributed by atoms with E-state index in [1.54, 1.807) is 0 Å². The fourth-order valence-corrected chi connectivity index (χ4v) is 11.8. The molecule has 316 valence electrons. The molecular formula is C60H52BN3O. The van der Waals surface area contributed by atoms with Crippen LogP contribution in [0.2, 0.25) is 0 Å². The highest BCUT2D eigenvalue weighted by atomic mass is 16.3. The Morgan fingerprint density at radius 3 is 1.91 bits per heavy atom. The zero-order valence-corrected chi connectivity index (χ0v) is 38.4. The number of hydrogen-bond donors (Lipinski definition) is 1. The van der Waals surface area contributed by atoms with E-state index in [9.17, 15) is 0 Å². The zero-order chi connectivity index (χ0) is 44.1. The maximum Gasteiger partial charge on any atom is 0.244 e. The van der Waals surface area contributed by atoms with Crippen molar-refractivity contribution >= 4 is 95.1 Å². The van der Waals surface area contributed by atoms with Gasteiger partial charge in [0.1, 0.15) is 5.58 Å². The van der Waals surface area contributed by atoms with Gasteiger partial charge in [0.2, 0.25) is 7.28 Å². The van der Waals surface area contributed by atoms with E-state index in [2.05, 4.69) is 215 Å². The average molecular weight is 842 g/mol. The maximum absolute atomic E-state index is 7.24. The molecule has 1 aliphatic carbocycles. The molecule has 13 rings (SSSR count). The summed E-state index contributed by atoms with van der Waals surface area (Å²) in [6.45, 7) is 16.5. The second kappa shape index (κ2) is 13.3. The number of hydrogen-bond acceptors (Lipinski definition) is 2. The molecule has 1 N–H and O–H groups in total. The quantitative estimate of drug-likeness (QED) is 0.179. The largest absolute Gasteiger partial charge is 0.469 e. The van der Waals surface area contributed by atoms with Gasteiger partial charge in [-0.1, -0.05) is 146 Å². The summed E-state index contributed by atoms with van der Waals surface area (Å²) in [5.74, 6) is 0. The normalized spacial score (nSPS) is 15.2. The highest BCUT2D eigenvalue weighted by Gasteiger charge is 2.40. The van der Waals surface area contributed by atoms with Crippen molar-refractivity contribution in [3.8, 4) is 22.5 Å². The van der Waals surface area contributed by atoms with E-state index in [0.29, 0.717) is 7.28 Å². The number of benzene rings is 8. The van der Waals surface area contributed by atoms with Crippen molar-refractivity contribution in [2.45, 2.75) is 77.6 Å². The minimum Gasteiger partial charge on any atom is -0.469 e. The lowest BCUT2D eigenvalue weighted by Crippen LogP contribution is -2.36. The van der Waals surface area contributed by atoms with Crippen molar-refractivity contribution in [2.24, 2.45) is 0 Å². The molecule has 4 heterocycles. The first-order chi connectivity index (χ1) is 31.4. The third kappa shape index (κ3) is 5.51. The molecule has 0 amide bonds. The van der Waals surface area contributed by atoms with Crippen molar-refractivity contribution < 1.29 is 4.42 Å². The lowest BCUT2D eigenvalue weighted by Gasteiger charge is -2.41. The molecule has 0 bridgehead atoms. The summed E-state index contributed by atoms with van der Waals surface area (Å²) in [6, 6.07) is 56.7. The smallest absolute Gasteiger partial charge is 0.244 e. The SMILES string of the molecule is CC(C)(C)c1ccc(Nc2ccccc2-c2cc(-n3c4ccccc4c4ccccc43)c3c4c5ccccc5ccc4n4c3c2Bc2oc3cc5c(cc3c2-4)C(C)(C)CCC5(C)C)cc1. The zero-order valence-electron chi connectivity index (χ0n) is 38.4. The van der Waals surface area contributed by atoms with Crippen LogP contribution in [0.4, 0.5) is 11.4 Å². The number of fused-ring (bicyclic) bond motifs is 13. The van der Waals surface area contributed by atoms with Crippen molar-refractivity contribution in [2.75, 3.05) is 5.32 Å². The van der Waals surface area contributed by atoms with Crippen LogP contribution < -0.4 is 16.4 Å². The summed E-state index contributed by atoms with van der Waals surface area (Å²) in [5.41, 5.74) is 19.4. The molecule has 5 heteroatoms. The van der Waals surface area contributed by atoms with Crippen LogP contribution in [-0.2, 0) is 16.2 Å². The first-order valence-corrected chi connectivity index (χ1v) is 23.4. The van der Waals surface area contributed by atoms with E-state index in [-0.39, 0.29) is 16.2 Å². The summed E-state index contributed by atoms with van der Waals surface area (Å²) in [6.07, 6.45) is 2.31. The predicted molar refractivity (Wildman–Crippen MR) is 278 cm³/mol. The molecule has 0 fully saturated rings. The third-order valence-corrected chi connectivity index (χ3v) is 15.3. The Balaban J connectivity index is 1.19. The van der Waals surface area contributed by atoms with Gasteiger partial charge in [-0.05, 0) is 122 Å². The Morgan fingerprint density at radius 2 is 1.20 bits per heavy atom. The standard InChI is InChI=1S/C60H52BN3O/c1-58(2,3)36-25-27-37(28-26-36)62-46-21-13-10-18-39(46)42-33-50(63-47-22-14-11-19-40(47)41-20-12-15-23-48(41)63)53-52-38-17-9-8-16-35(38)24-29-49(52)64-55-43-32-44-45(60(6,7)31-30-59(44,4)5)34-51(43)65-57(55)61-54(42)56(53)64/h8-29,32-34,61-62H,30-31H2,1-7H3. The van der Waals surface area contributed by atoms with Crippen LogP contribution in [0.1, 0.15) is 78.0 Å². The molecule has 4 nitrogen and oxygen atoms in total. The van der Waals surface area contributed by atoms with E-state index in [4.69, 9.17) is 4.42 Å². The Kier molecular flexibility index (Phi) is 7.87. The monoisotopic (exact) mass is 841 g/mol. The highest BCUT2D eigenvalue weighted by molar-refractivity contribution is 6.73. The summed E-state index contributed by atoms with van der Waals surface area (Å²) >= 11 is 0. The lowest BCUT2D eigenvalue weighted by molar-refractivity contribution is 0.332. The molecule has 1 aliphatic heterocycles. The molecule has 8 aromatic carbocycles. The highest BCUT2D eigenvalue weighted by Crippen LogP contribution is 2.50. The van der Waals surface area contributed by atoms with Gasteiger partial charge in [-0.3, -0.25) is 0 Å². The first-order valence-electron chi connectivity index (χ1n) is 23.4.